The Balaban J connectivity index is 1.85. The molecule has 30 heavy (non-hydrogen) atoms. The molecule has 1 aliphatic heterocycles. The fraction of sp³-hybridized carbons (Fsp3) is 0.235. The van der Waals surface area contributed by atoms with Crippen LogP contribution >= 0.6 is 33.8 Å². The molecule has 0 bridgehead atoms. The lowest BCUT2D eigenvalue weighted by Crippen LogP contribution is -2.42. The minimum absolute atomic E-state index is 0.108. The van der Waals surface area contributed by atoms with Crippen LogP contribution in [0.3, 0.4) is 0 Å². The maximum absolute atomic E-state index is 13.0. The van der Waals surface area contributed by atoms with Gasteiger partial charge in [0.1, 0.15) is 4.90 Å². The summed E-state index contributed by atoms with van der Waals surface area (Å²) in [4.78, 5) is 11.7. The maximum Gasteiger partial charge on any atom is 0.323 e. The number of amides is 2. The molecule has 9 nitrogen and oxygen atoms in total. The summed E-state index contributed by atoms with van der Waals surface area (Å²) in [7, 11) is -7.06. The van der Waals surface area contributed by atoms with Crippen molar-refractivity contribution in [2.24, 2.45) is 0 Å². The first kappa shape index (κ1) is 22.9. The Morgan fingerprint density at radius 3 is 2.20 bits per heavy atom. The summed E-state index contributed by atoms with van der Waals surface area (Å²) in [6.07, 6.45) is 0. The van der Waals surface area contributed by atoms with Gasteiger partial charge in [0.25, 0.3) is 0 Å². The Morgan fingerprint density at radius 1 is 0.967 bits per heavy atom. The predicted octanol–water partition coefficient (Wildman–Crippen LogP) is 4.10. The molecule has 0 unspecified atom stereocenters. The molecule has 0 aliphatic carbocycles. The number of nitrogens with one attached hydrogen (secondary N) is 2. The molecule has 1 fully saturated rings. The van der Waals surface area contributed by atoms with Crippen LogP contribution in [0.2, 0.25) is 10.0 Å². The van der Waals surface area contributed by atoms with Gasteiger partial charge in [-0.05, 0) is 24.3 Å². The van der Waals surface area contributed by atoms with Crippen LogP contribution in [-0.2, 0) is 10.0 Å². The molecule has 2 amide bonds. The standard InChI is InChI=1S/C17H19Cl2N3O6S2/c18-11-3-1-2-4-13(11)20-17(24)21-14-6-5-12(19)16(15(14)23)30(27,28)22-7-9-29(25,26)10-8-22/h1-6,23,25-26H,7-10H2,(H2,20,21,24). The fourth-order valence-corrected chi connectivity index (χ4v) is 6.49. The van der Waals surface area contributed by atoms with Crippen molar-refractivity contribution < 1.29 is 27.4 Å². The summed E-state index contributed by atoms with van der Waals surface area (Å²) in [6, 6.07) is 8.24. The number of urea groups is 1. The second-order valence-corrected chi connectivity index (χ2v) is 11.6. The van der Waals surface area contributed by atoms with Gasteiger partial charge in [0.2, 0.25) is 10.0 Å². The number of rotatable bonds is 4. The van der Waals surface area contributed by atoms with Crippen LogP contribution < -0.4 is 10.6 Å². The van der Waals surface area contributed by atoms with Gasteiger partial charge in [0, 0.05) is 13.1 Å². The lowest BCUT2D eigenvalue weighted by atomic mass is 10.3. The molecule has 1 saturated heterocycles. The van der Waals surface area contributed by atoms with Crippen molar-refractivity contribution in [1.82, 2.24) is 4.31 Å². The number of para-hydroxylation sites is 1. The van der Waals surface area contributed by atoms with E-state index in [1.807, 2.05) is 0 Å². The van der Waals surface area contributed by atoms with E-state index in [1.165, 1.54) is 12.1 Å². The molecular weight excluding hydrogens is 477 g/mol. The van der Waals surface area contributed by atoms with Crippen LogP contribution in [0.4, 0.5) is 16.2 Å². The number of phenols is 1. The molecule has 2 aromatic rings. The zero-order chi connectivity index (χ0) is 22.1. The number of benzene rings is 2. The minimum Gasteiger partial charge on any atom is -0.504 e. The summed E-state index contributed by atoms with van der Waals surface area (Å²) in [5.74, 6) is -0.944. The third kappa shape index (κ3) is 4.94. The van der Waals surface area contributed by atoms with Gasteiger partial charge >= 0.3 is 6.03 Å². The van der Waals surface area contributed by atoms with Gasteiger partial charge < -0.3 is 15.7 Å². The van der Waals surface area contributed by atoms with E-state index in [9.17, 15) is 27.4 Å². The van der Waals surface area contributed by atoms with Gasteiger partial charge in [-0.2, -0.15) is 14.9 Å². The summed E-state index contributed by atoms with van der Waals surface area (Å²) < 4.78 is 46.4. The summed E-state index contributed by atoms with van der Waals surface area (Å²) in [6.45, 7) is -0.268. The Hall–Kier alpha value is -1.73. The second kappa shape index (κ2) is 8.79. The zero-order valence-electron chi connectivity index (χ0n) is 15.4. The molecule has 0 spiro atoms. The van der Waals surface area contributed by atoms with Crippen LogP contribution in [0.1, 0.15) is 0 Å². The lowest BCUT2D eigenvalue weighted by Gasteiger charge is -2.40. The minimum atomic E-state index is -4.25. The smallest absolute Gasteiger partial charge is 0.323 e. The van der Waals surface area contributed by atoms with Crippen LogP contribution in [0, 0.1) is 0 Å². The highest BCUT2D eigenvalue weighted by molar-refractivity contribution is 8.24. The number of anilines is 2. The highest BCUT2D eigenvalue weighted by Gasteiger charge is 2.35. The summed E-state index contributed by atoms with van der Waals surface area (Å²) in [5.41, 5.74) is 0.147. The number of carbonyl (C=O) groups excluding carboxylic acids is 1. The average molecular weight is 496 g/mol. The molecule has 1 heterocycles. The average Bonchev–Trinajstić information content (AvgIpc) is 2.65. The summed E-state index contributed by atoms with van der Waals surface area (Å²) in [5, 5.41) is 15.5. The van der Waals surface area contributed by atoms with E-state index in [4.69, 9.17) is 23.2 Å². The van der Waals surface area contributed by atoms with Crippen molar-refractivity contribution in [2.75, 3.05) is 35.2 Å². The monoisotopic (exact) mass is 495 g/mol. The van der Waals surface area contributed by atoms with E-state index in [0.29, 0.717) is 10.7 Å². The van der Waals surface area contributed by atoms with E-state index < -0.39 is 37.3 Å². The molecule has 0 radical (unpaired) electrons. The van der Waals surface area contributed by atoms with Gasteiger partial charge in [0.05, 0.1) is 32.9 Å². The van der Waals surface area contributed by atoms with Crippen molar-refractivity contribution in [3.63, 3.8) is 0 Å². The first-order chi connectivity index (χ1) is 14.0. The van der Waals surface area contributed by atoms with Crippen molar-refractivity contribution in [2.45, 2.75) is 4.90 Å². The third-order valence-electron chi connectivity index (χ3n) is 4.39. The SMILES string of the molecule is O=C(Nc1ccccc1Cl)Nc1ccc(Cl)c(S(=O)(=O)N2CCS(O)(O)CC2)c1O. The normalized spacial score (nSPS) is 17.9. The van der Waals surface area contributed by atoms with E-state index >= 15 is 0 Å². The van der Waals surface area contributed by atoms with Gasteiger partial charge in [-0.15, -0.1) is 0 Å². The van der Waals surface area contributed by atoms with Gasteiger partial charge in [-0.25, -0.2) is 13.2 Å². The Kier molecular flexibility index (Phi) is 6.72. The van der Waals surface area contributed by atoms with E-state index in [2.05, 4.69) is 10.6 Å². The van der Waals surface area contributed by atoms with E-state index in [0.717, 1.165) is 4.31 Å². The van der Waals surface area contributed by atoms with Gasteiger partial charge in [0.15, 0.2) is 5.75 Å². The molecule has 0 aromatic heterocycles. The molecule has 0 saturated carbocycles. The summed E-state index contributed by atoms with van der Waals surface area (Å²) >= 11 is 12.0. The molecule has 0 atom stereocenters. The number of sulfonamides is 1. The Bertz CT molecular complexity index is 1070. The van der Waals surface area contributed by atoms with E-state index in [-0.39, 0.29) is 35.3 Å². The highest BCUT2D eigenvalue weighted by Crippen LogP contribution is 2.44. The highest BCUT2D eigenvalue weighted by atomic mass is 35.5. The fourth-order valence-electron chi connectivity index (χ4n) is 2.81. The van der Waals surface area contributed by atoms with Crippen molar-refractivity contribution in [1.29, 1.82) is 0 Å². The van der Waals surface area contributed by atoms with Crippen LogP contribution in [0.25, 0.3) is 0 Å². The Labute approximate surface area is 185 Å². The first-order valence-electron chi connectivity index (χ1n) is 8.59. The van der Waals surface area contributed by atoms with Crippen LogP contribution in [0.15, 0.2) is 41.3 Å². The molecule has 3 rings (SSSR count). The van der Waals surface area contributed by atoms with Crippen LogP contribution in [-0.4, -0.2) is 57.6 Å². The number of hydrogen-bond donors (Lipinski definition) is 5. The largest absolute Gasteiger partial charge is 0.504 e. The number of halogens is 2. The number of phenolic OH excluding ortho intramolecular Hbond substituents is 1. The second-order valence-electron chi connectivity index (χ2n) is 6.45. The predicted molar refractivity (Wildman–Crippen MR) is 119 cm³/mol. The third-order valence-corrected chi connectivity index (χ3v) is 8.79. The molecule has 164 valence electrons. The molecule has 5 N–H and O–H groups in total. The quantitative estimate of drug-likeness (QED) is 0.404. The van der Waals surface area contributed by atoms with Crippen molar-refractivity contribution in [3.8, 4) is 5.75 Å². The molecule has 13 heteroatoms. The molecule has 1 aliphatic rings. The maximum atomic E-state index is 13.0. The lowest BCUT2D eigenvalue weighted by molar-refractivity contribution is 0.262. The van der Waals surface area contributed by atoms with Gasteiger partial charge in [-0.3, -0.25) is 9.11 Å². The van der Waals surface area contributed by atoms with Crippen LogP contribution in [0.5, 0.6) is 5.75 Å². The number of hydrogen-bond acceptors (Lipinski definition) is 6. The number of aromatic hydroxyl groups is 1. The number of nitrogens with zero attached hydrogens (tertiary/aromatic N) is 1. The molecule has 2 aromatic carbocycles. The van der Waals surface area contributed by atoms with Gasteiger partial charge in [-0.1, -0.05) is 35.3 Å². The van der Waals surface area contributed by atoms with Crippen molar-refractivity contribution in [3.05, 3.63) is 46.4 Å². The number of carbonyl (C=O) groups is 1. The molecular formula is C17H19Cl2N3O6S2. The van der Waals surface area contributed by atoms with Crippen molar-refractivity contribution >= 4 is 61.2 Å². The van der Waals surface area contributed by atoms with E-state index in [1.54, 1.807) is 24.3 Å². The first-order valence-corrected chi connectivity index (χ1v) is 12.7. The topological polar surface area (TPSA) is 139 Å². The Morgan fingerprint density at radius 2 is 1.57 bits per heavy atom. The zero-order valence-corrected chi connectivity index (χ0v) is 18.5.